The first-order valence-corrected chi connectivity index (χ1v) is 3.28. The van der Waals surface area contributed by atoms with E-state index in [2.05, 4.69) is 0 Å². The van der Waals surface area contributed by atoms with Gasteiger partial charge in [-0.1, -0.05) is 0 Å². The summed E-state index contributed by atoms with van der Waals surface area (Å²) in [6.45, 7) is 0. The van der Waals surface area contributed by atoms with Gasteiger partial charge in [-0.15, -0.1) is 12.4 Å². The molecule has 3 N–H and O–H groups in total. The van der Waals surface area contributed by atoms with Gasteiger partial charge in [0.15, 0.2) is 0 Å². The number of aliphatic hydroxyl groups is 1. The van der Waals surface area contributed by atoms with Gasteiger partial charge < -0.3 is 10.8 Å². The third kappa shape index (κ3) is 2.40. The molecule has 4 heteroatoms. The Kier molecular flexibility index (Phi) is 4.17. The van der Waals surface area contributed by atoms with Crippen molar-refractivity contribution < 1.29 is 9.50 Å². The Morgan fingerprint density at radius 1 is 1.40 bits per heavy atom. The summed E-state index contributed by atoms with van der Waals surface area (Å²) < 4.78 is 12.5. The zero-order chi connectivity index (χ0) is 6.85. The molecule has 3 atom stereocenters. The lowest BCUT2D eigenvalue weighted by molar-refractivity contribution is 0.0378. The van der Waals surface area contributed by atoms with E-state index in [9.17, 15) is 4.39 Å². The Balaban J connectivity index is 0.000000810. The van der Waals surface area contributed by atoms with Gasteiger partial charge in [0.05, 0.1) is 6.10 Å². The van der Waals surface area contributed by atoms with Crippen molar-refractivity contribution in [3.63, 3.8) is 0 Å². The molecule has 0 amide bonds. The minimum Gasteiger partial charge on any atom is -0.390 e. The van der Waals surface area contributed by atoms with Crippen LogP contribution in [0.3, 0.4) is 0 Å². The fourth-order valence-corrected chi connectivity index (χ4v) is 1.13. The number of rotatable bonds is 0. The second-order valence-electron chi connectivity index (χ2n) is 2.66. The van der Waals surface area contributed by atoms with Crippen LogP contribution in [0.1, 0.15) is 19.3 Å². The van der Waals surface area contributed by atoms with Gasteiger partial charge in [-0.2, -0.15) is 0 Å². The summed E-state index contributed by atoms with van der Waals surface area (Å²) in [6.07, 6.45) is -0.260. The molecule has 62 valence electrons. The fraction of sp³-hybridized carbons (Fsp3) is 1.00. The summed E-state index contributed by atoms with van der Waals surface area (Å²) in [5.41, 5.74) is 5.44. The molecular weight excluding hydrogens is 157 g/mol. The third-order valence-corrected chi connectivity index (χ3v) is 1.78. The summed E-state index contributed by atoms with van der Waals surface area (Å²) in [5.74, 6) is 0. The SMILES string of the molecule is Cl.N[C@@H]1CC[C@@H](O)[C@@H](F)C1. The smallest absolute Gasteiger partial charge is 0.127 e. The highest BCUT2D eigenvalue weighted by molar-refractivity contribution is 5.85. The maximum absolute atomic E-state index is 12.5. The van der Waals surface area contributed by atoms with E-state index in [0.29, 0.717) is 12.8 Å². The Hall–Kier alpha value is 0.140. The van der Waals surface area contributed by atoms with Crippen molar-refractivity contribution in [2.45, 2.75) is 37.6 Å². The zero-order valence-electron chi connectivity index (χ0n) is 5.66. The van der Waals surface area contributed by atoms with Gasteiger partial charge >= 0.3 is 0 Å². The van der Waals surface area contributed by atoms with Crippen molar-refractivity contribution in [2.24, 2.45) is 5.73 Å². The third-order valence-electron chi connectivity index (χ3n) is 1.78. The Bertz CT molecular complexity index is 104. The molecule has 0 aliphatic heterocycles. The molecule has 0 aromatic carbocycles. The first-order chi connectivity index (χ1) is 4.20. The number of hydrogen-bond donors (Lipinski definition) is 2. The predicted octanol–water partition coefficient (Wildman–Crippen LogP) is 0.618. The topological polar surface area (TPSA) is 46.2 Å². The minimum absolute atomic E-state index is 0. The number of aliphatic hydroxyl groups excluding tert-OH is 1. The molecule has 1 aliphatic rings. The van der Waals surface area contributed by atoms with Crippen LogP contribution in [0.4, 0.5) is 4.39 Å². The molecule has 0 saturated heterocycles. The molecular formula is C6H13ClFNO. The van der Waals surface area contributed by atoms with E-state index < -0.39 is 12.3 Å². The maximum Gasteiger partial charge on any atom is 0.127 e. The molecule has 10 heavy (non-hydrogen) atoms. The average molecular weight is 170 g/mol. The van der Waals surface area contributed by atoms with E-state index in [1.165, 1.54) is 0 Å². The molecule has 0 aromatic heterocycles. The number of nitrogens with two attached hydrogens (primary N) is 1. The van der Waals surface area contributed by atoms with Crippen molar-refractivity contribution in [1.82, 2.24) is 0 Å². The van der Waals surface area contributed by atoms with Crippen molar-refractivity contribution in [3.05, 3.63) is 0 Å². The first kappa shape index (κ1) is 10.1. The highest BCUT2D eigenvalue weighted by Gasteiger charge is 2.26. The summed E-state index contributed by atoms with van der Waals surface area (Å²) in [6, 6.07) is -0.0385. The molecule has 0 aromatic rings. The Morgan fingerprint density at radius 3 is 2.40 bits per heavy atom. The molecule has 0 spiro atoms. The molecule has 0 unspecified atom stereocenters. The van der Waals surface area contributed by atoms with Gasteiger partial charge in [0.1, 0.15) is 6.17 Å². The quantitative estimate of drug-likeness (QED) is 0.559. The highest BCUT2D eigenvalue weighted by Crippen LogP contribution is 2.19. The Labute approximate surface area is 66.0 Å². The summed E-state index contributed by atoms with van der Waals surface area (Å²) in [7, 11) is 0. The predicted molar refractivity (Wildman–Crippen MR) is 40.0 cm³/mol. The normalized spacial score (nSPS) is 40.5. The molecule has 1 aliphatic carbocycles. The van der Waals surface area contributed by atoms with Crippen LogP contribution >= 0.6 is 12.4 Å². The van der Waals surface area contributed by atoms with E-state index in [1.54, 1.807) is 0 Å². The van der Waals surface area contributed by atoms with E-state index in [-0.39, 0.29) is 18.4 Å². The minimum atomic E-state index is -1.09. The van der Waals surface area contributed by atoms with Gasteiger partial charge in [0.25, 0.3) is 0 Å². The van der Waals surface area contributed by atoms with Crippen molar-refractivity contribution in [3.8, 4) is 0 Å². The van der Waals surface area contributed by atoms with Gasteiger partial charge in [-0.25, -0.2) is 4.39 Å². The van der Waals surface area contributed by atoms with Crippen molar-refractivity contribution in [2.75, 3.05) is 0 Å². The van der Waals surface area contributed by atoms with Crippen LogP contribution in [0.5, 0.6) is 0 Å². The largest absolute Gasteiger partial charge is 0.390 e. The van der Waals surface area contributed by atoms with Crippen molar-refractivity contribution in [1.29, 1.82) is 0 Å². The second-order valence-corrected chi connectivity index (χ2v) is 2.66. The van der Waals surface area contributed by atoms with Crippen LogP contribution < -0.4 is 5.73 Å². The van der Waals surface area contributed by atoms with Crippen LogP contribution in [0, 0.1) is 0 Å². The number of alkyl halides is 1. The lowest BCUT2D eigenvalue weighted by Crippen LogP contribution is -2.37. The van der Waals surface area contributed by atoms with E-state index in [0.717, 1.165) is 6.42 Å². The van der Waals surface area contributed by atoms with Gasteiger partial charge in [-0.3, -0.25) is 0 Å². The van der Waals surface area contributed by atoms with E-state index >= 15 is 0 Å². The van der Waals surface area contributed by atoms with Gasteiger partial charge in [-0.05, 0) is 19.3 Å². The fourth-order valence-electron chi connectivity index (χ4n) is 1.13. The molecule has 1 saturated carbocycles. The van der Waals surface area contributed by atoms with Gasteiger partial charge in [0.2, 0.25) is 0 Å². The Morgan fingerprint density at radius 2 is 2.00 bits per heavy atom. The lowest BCUT2D eigenvalue weighted by Gasteiger charge is -2.25. The monoisotopic (exact) mass is 169 g/mol. The van der Waals surface area contributed by atoms with Crippen LogP contribution in [-0.2, 0) is 0 Å². The highest BCUT2D eigenvalue weighted by atomic mass is 35.5. The molecule has 0 heterocycles. The summed E-state index contributed by atoms with van der Waals surface area (Å²) in [5, 5.41) is 8.86. The van der Waals surface area contributed by atoms with E-state index in [1.807, 2.05) is 0 Å². The molecule has 0 radical (unpaired) electrons. The van der Waals surface area contributed by atoms with Crippen molar-refractivity contribution >= 4 is 12.4 Å². The van der Waals surface area contributed by atoms with Crippen LogP contribution in [0.25, 0.3) is 0 Å². The first-order valence-electron chi connectivity index (χ1n) is 3.28. The summed E-state index contributed by atoms with van der Waals surface area (Å²) in [4.78, 5) is 0. The maximum atomic E-state index is 12.5. The number of halogens is 2. The standard InChI is InChI=1S/C6H12FNO.ClH/c7-5-3-4(8)1-2-6(5)9;/h4-6,9H,1-3,8H2;1H/t4-,5+,6-;/m1./s1. The van der Waals surface area contributed by atoms with E-state index in [4.69, 9.17) is 10.8 Å². The van der Waals surface area contributed by atoms with Gasteiger partial charge in [0, 0.05) is 6.04 Å². The van der Waals surface area contributed by atoms with Crippen LogP contribution in [0.2, 0.25) is 0 Å². The van der Waals surface area contributed by atoms with Crippen LogP contribution in [0.15, 0.2) is 0 Å². The molecule has 2 nitrogen and oxygen atoms in total. The van der Waals surface area contributed by atoms with Crippen LogP contribution in [-0.4, -0.2) is 23.4 Å². The average Bonchev–Trinajstić information content (AvgIpc) is 1.80. The molecule has 1 fully saturated rings. The zero-order valence-corrected chi connectivity index (χ0v) is 6.48. The molecule has 1 rings (SSSR count). The number of hydrogen-bond acceptors (Lipinski definition) is 2. The lowest BCUT2D eigenvalue weighted by atomic mass is 9.92. The second kappa shape index (κ2) is 4.11. The summed E-state index contributed by atoms with van der Waals surface area (Å²) >= 11 is 0. The molecule has 0 bridgehead atoms.